The third-order valence-electron chi connectivity index (χ3n) is 4.96. The molecule has 2 amide bonds. The molecule has 0 aliphatic heterocycles. The topological polar surface area (TPSA) is 55.8 Å². The zero-order valence-corrected chi connectivity index (χ0v) is 15.2. The molecule has 3 unspecified atom stereocenters. The summed E-state index contributed by atoms with van der Waals surface area (Å²) in [6.07, 6.45) is 3.88. The van der Waals surface area contributed by atoms with Crippen molar-refractivity contribution in [3.05, 3.63) is 0 Å². The van der Waals surface area contributed by atoms with Crippen molar-refractivity contribution < 1.29 is 9.90 Å². The van der Waals surface area contributed by atoms with E-state index >= 15 is 0 Å². The Kier molecular flexibility index (Phi) is 7.13. The van der Waals surface area contributed by atoms with Crippen molar-refractivity contribution in [2.24, 2.45) is 11.3 Å². The van der Waals surface area contributed by atoms with Gasteiger partial charge in [0.25, 0.3) is 0 Å². The first kappa shape index (κ1) is 19.2. The van der Waals surface area contributed by atoms with Crippen LogP contribution in [0.2, 0.25) is 0 Å². The lowest BCUT2D eigenvalue weighted by molar-refractivity contribution is 0.0557. The molecule has 1 saturated carbocycles. The molecule has 0 aromatic carbocycles. The van der Waals surface area contributed by atoms with Crippen LogP contribution in [0, 0.1) is 11.3 Å². The van der Waals surface area contributed by atoms with E-state index in [2.05, 4.69) is 31.0 Å². The zero-order chi connectivity index (χ0) is 16.9. The number of nitrogens with zero attached hydrogens (tertiary/aromatic N) is 2. The lowest BCUT2D eigenvalue weighted by Crippen LogP contribution is -2.51. The van der Waals surface area contributed by atoms with Gasteiger partial charge in [0.15, 0.2) is 0 Å². The average Bonchev–Trinajstić information content (AvgIpc) is 2.39. The Bertz CT molecular complexity index is 358. The molecule has 5 heteroatoms. The standard InChI is InChI=1S/C17H35N3O2/c1-13(17(2,3)12-19(4)5)18-16(22)20(6)11-14-9-7-8-10-15(14)21/h13-15,21H,7-12H2,1-6H3,(H,18,22). The van der Waals surface area contributed by atoms with E-state index in [1.807, 2.05) is 21.1 Å². The molecule has 0 bridgehead atoms. The van der Waals surface area contributed by atoms with Gasteiger partial charge in [-0.15, -0.1) is 0 Å². The van der Waals surface area contributed by atoms with Gasteiger partial charge in [0.1, 0.15) is 0 Å². The van der Waals surface area contributed by atoms with Crippen LogP contribution >= 0.6 is 0 Å². The van der Waals surface area contributed by atoms with Gasteiger partial charge in [-0.05, 0) is 39.3 Å². The number of aliphatic hydroxyl groups is 1. The largest absolute Gasteiger partial charge is 0.393 e. The van der Waals surface area contributed by atoms with Crippen LogP contribution in [0.5, 0.6) is 0 Å². The number of amides is 2. The van der Waals surface area contributed by atoms with Crippen LogP contribution in [0.4, 0.5) is 4.79 Å². The molecule has 0 aromatic heterocycles. The van der Waals surface area contributed by atoms with Crippen molar-refractivity contribution >= 4 is 6.03 Å². The van der Waals surface area contributed by atoms with Crippen molar-refractivity contribution in [2.45, 2.75) is 58.6 Å². The lowest BCUT2D eigenvalue weighted by atomic mass is 9.85. The van der Waals surface area contributed by atoms with Gasteiger partial charge in [-0.1, -0.05) is 26.7 Å². The number of urea groups is 1. The number of rotatable bonds is 6. The molecular formula is C17H35N3O2. The SMILES string of the molecule is CC(NC(=O)N(C)CC1CCCCC1O)C(C)(C)CN(C)C. The summed E-state index contributed by atoms with van der Waals surface area (Å²) in [4.78, 5) is 16.3. The molecule has 3 atom stereocenters. The molecule has 1 aliphatic rings. The Morgan fingerprint density at radius 3 is 2.41 bits per heavy atom. The highest BCUT2D eigenvalue weighted by atomic mass is 16.3. The summed E-state index contributed by atoms with van der Waals surface area (Å²) >= 11 is 0. The lowest BCUT2D eigenvalue weighted by Gasteiger charge is -2.36. The molecule has 130 valence electrons. The number of carbonyl (C=O) groups is 1. The number of hydrogen-bond donors (Lipinski definition) is 2. The highest BCUT2D eigenvalue weighted by Gasteiger charge is 2.30. The second kappa shape index (κ2) is 8.16. The molecular weight excluding hydrogens is 278 g/mol. The van der Waals surface area contributed by atoms with Crippen molar-refractivity contribution in [3.63, 3.8) is 0 Å². The van der Waals surface area contributed by atoms with E-state index in [1.54, 1.807) is 4.90 Å². The van der Waals surface area contributed by atoms with Gasteiger partial charge in [0.05, 0.1) is 6.10 Å². The van der Waals surface area contributed by atoms with E-state index < -0.39 is 0 Å². The van der Waals surface area contributed by atoms with Crippen molar-refractivity contribution in [3.8, 4) is 0 Å². The van der Waals surface area contributed by atoms with E-state index in [9.17, 15) is 9.90 Å². The molecule has 0 radical (unpaired) electrons. The van der Waals surface area contributed by atoms with Crippen molar-refractivity contribution in [1.29, 1.82) is 0 Å². The predicted octanol–water partition coefficient (Wildman–Crippen LogP) is 2.16. The Morgan fingerprint density at radius 2 is 1.86 bits per heavy atom. The minimum Gasteiger partial charge on any atom is -0.393 e. The third kappa shape index (κ3) is 5.76. The number of carbonyl (C=O) groups excluding carboxylic acids is 1. The summed E-state index contributed by atoms with van der Waals surface area (Å²) in [7, 11) is 5.92. The maximum atomic E-state index is 12.4. The average molecular weight is 313 g/mol. The van der Waals surface area contributed by atoms with Gasteiger partial charge < -0.3 is 20.2 Å². The fraction of sp³-hybridized carbons (Fsp3) is 0.941. The molecule has 2 N–H and O–H groups in total. The Hall–Kier alpha value is -0.810. The van der Waals surface area contributed by atoms with E-state index in [0.717, 1.165) is 32.2 Å². The monoisotopic (exact) mass is 313 g/mol. The number of aliphatic hydroxyl groups excluding tert-OH is 1. The first-order chi connectivity index (χ1) is 10.1. The summed E-state index contributed by atoms with van der Waals surface area (Å²) in [5.74, 6) is 0.217. The Labute approximate surface area is 136 Å². The van der Waals surface area contributed by atoms with Crippen LogP contribution < -0.4 is 5.32 Å². The van der Waals surface area contributed by atoms with Gasteiger partial charge in [-0.2, -0.15) is 0 Å². The highest BCUT2D eigenvalue weighted by molar-refractivity contribution is 5.74. The van der Waals surface area contributed by atoms with Crippen LogP contribution in [0.15, 0.2) is 0 Å². The van der Waals surface area contributed by atoms with Crippen molar-refractivity contribution in [2.75, 3.05) is 34.2 Å². The molecule has 1 fully saturated rings. The van der Waals surface area contributed by atoms with Gasteiger partial charge >= 0.3 is 6.03 Å². The number of hydrogen-bond acceptors (Lipinski definition) is 3. The first-order valence-electron chi connectivity index (χ1n) is 8.48. The fourth-order valence-electron chi connectivity index (χ4n) is 3.28. The van der Waals surface area contributed by atoms with E-state index in [1.165, 1.54) is 0 Å². The molecule has 5 nitrogen and oxygen atoms in total. The minimum atomic E-state index is -0.258. The van der Waals surface area contributed by atoms with Gasteiger partial charge in [-0.3, -0.25) is 0 Å². The molecule has 1 rings (SSSR count). The van der Waals surface area contributed by atoms with Crippen LogP contribution in [0.3, 0.4) is 0 Å². The summed E-state index contributed by atoms with van der Waals surface area (Å²) in [6, 6.07) is 0.0400. The van der Waals surface area contributed by atoms with Gasteiger partial charge in [0.2, 0.25) is 0 Å². The van der Waals surface area contributed by atoms with E-state index in [4.69, 9.17) is 0 Å². The summed E-state index contributed by atoms with van der Waals surface area (Å²) in [5.41, 5.74) is 0.00432. The fourth-order valence-corrected chi connectivity index (χ4v) is 3.28. The molecule has 0 saturated heterocycles. The molecule has 22 heavy (non-hydrogen) atoms. The third-order valence-corrected chi connectivity index (χ3v) is 4.96. The maximum Gasteiger partial charge on any atom is 0.317 e. The van der Waals surface area contributed by atoms with Gasteiger partial charge in [0, 0.05) is 32.1 Å². The minimum absolute atomic E-state index is 0.00432. The normalized spacial score (nSPS) is 24.2. The quantitative estimate of drug-likeness (QED) is 0.790. The predicted molar refractivity (Wildman–Crippen MR) is 90.9 cm³/mol. The smallest absolute Gasteiger partial charge is 0.317 e. The Morgan fingerprint density at radius 1 is 1.27 bits per heavy atom. The van der Waals surface area contributed by atoms with Crippen molar-refractivity contribution in [1.82, 2.24) is 15.1 Å². The van der Waals surface area contributed by atoms with Crippen LogP contribution in [0.25, 0.3) is 0 Å². The maximum absolute atomic E-state index is 12.4. The highest BCUT2D eigenvalue weighted by Crippen LogP contribution is 2.25. The van der Waals surface area contributed by atoms with Crippen LogP contribution in [-0.4, -0.2) is 67.3 Å². The van der Waals surface area contributed by atoms with Crippen LogP contribution in [-0.2, 0) is 0 Å². The second-order valence-electron chi connectivity index (χ2n) is 7.89. The van der Waals surface area contributed by atoms with Gasteiger partial charge in [-0.25, -0.2) is 4.79 Å². The second-order valence-corrected chi connectivity index (χ2v) is 7.89. The van der Waals surface area contributed by atoms with E-state index in [-0.39, 0.29) is 29.5 Å². The summed E-state index contributed by atoms with van der Waals surface area (Å²) < 4.78 is 0. The first-order valence-corrected chi connectivity index (χ1v) is 8.48. The molecule has 0 spiro atoms. The number of nitrogens with one attached hydrogen (secondary N) is 1. The molecule has 0 aromatic rings. The summed E-state index contributed by atoms with van der Waals surface area (Å²) in [5, 5.41) is 13.2. The molecule has 1 aliphatic carbocycles. The van der Waals surface area contributed by atoms with E-state index in [0.29, 0.717) is 6.54 Å². The Balaban J connectivity index is 2.49. The zero-order valence-electron chi connectivity index (χ0n) is 15.2. The molecule has 0 heterocycles. The summed E-state index contributed by atoms with van der Waals surface area (Å²) in [6.45, 7) is 7.95. The van der Waals surface area contributed by atoms with Crippen LogP contribution in [0.1, 0.15) is 46.5 Å².